The molecular weight excluding hydrogens is 598 g/mol. The van der Waals surface area contributed by atoms with E-state index in [1.165, 1.54) is 23.1 Å². The fourth-order valence-corrected chi connectivity index (χ4v) is 6.04. The minimum atomic E-state index is -0.971. The Hall–Kier alpha value is -3.70. The molecular formula is C29H30BrN3O6S. The molecule has 0 radical (unpaired) electrons. The molecule has 0 fully saturated rings. The summed E-state index contributed by atoms with van der Waals surface area (Å²) in [6.07, 6.45) is 3.90. The number of esters is 1. The van der Waals surface area contributed by atoms with Crippen molar-refractivity contribution in [3.05, 3.63) is 73.6 Å². The van der Waals surface area contributed by atoms with E-state index in [0.29, 0.717) is 45.3 Å². The normalized spacial score (nSPS) is 12.2. The van der Waals surface area contributed by atoms with E-state index in [4.69, 9.17) is 14.2 Å². The van der Waals surface area contributed by atoms with E-state index in [-0.39, 0.29) is 6.61 Å². The number of fused-ring (bicyclic) bond motifs is 1. The van der Waals surface area contributed by atoms with Crippen LogP contribution in [0.15, 0.2) is 46.0 Å². The summed E-state index contributed by atoms with van der Waals surface area (Å²) >= 11 is 4.83. The first kappa shape index (κ1) is 29.3. The largest absolute Gasteiger partial charge is 0.490 e. The number of nitrogens with zero attached hydrogens (tertiary/aromatic N) is 1. The molecule has 40 heavy (non-hydrogen) atoms. The summed E-state index contributed by atoms with van der Waals surface area (Å²) in [5.41, 5.74) is 6.26. The van der Waals surface area contributed by atoms with Gasteiger partial charge in [-0.3, -0.25) is 9.59 Å². The molecule has 1 aliphatic carbocycles. The summed E-state index contributed by atoms with van der Waals surface area (Å²) in [6.45, 7) is 6.61. The smallest absolute Gasteiger partial charge is 0.341 e. The molecule has 4 rings (SSSR count). The highest BCUT2D eigenvalue weighted by Gasteiger charge is 2.29. The van der Waals surface area contributed by atoms with Gasteiger partial charge in [0, 0.05) is 4.88 Å². The lowest BCUT2D eigenvalue weighted by atomic mass is 10.1. The van der Waals surface area contributed by atoms with Crippen molar-refractivity contribution in [2.75, 3.05) is 18.5 Å². The molecule has 0 atom stereocenters. The lowest BCUT2D eigenvalue weighted by Crippen LogP contribution is -2.32. The first-order valence-corrected chi connectivity index (χ1v) is 14.5. The van der Waals surface area contributed by atoms with Crippen LogP contribution in [-0.4, -0.2) is 37.2 Å². The topological polar surface area (TPSA) is 115 Å². The van der Waals surface area contributed by atoms with E-state index in [2.05, 4.69) is 31.8 Å². The van der Waals surface area contributed by atoms with Gasteiger partial charge in [0.05, 0.1) is 29.5 Å². The molecule has 2 aromatic carbocycles. The average molecular weight is 629 g/mol. The van der Waals surface area contributed by atoms with Crippen LogP contribution in [0.2, 0.25) is 0 Å². The molecule has 0 saturated heterocycles. The Labute approximate surface area is 245 Å². The van der Waals surface area contributed by atoms with Gasteiger partial charge in [0.2, 0.25) is 0 Å². The first-order chi connectivity index (χ1) is 19.3. The Morgan fingerprint density at radius 2 is 1.82 bits per heavy atom. The Morgan fingerprint density at radius 1 is 1.05 bits per heavy atom. The van der Waals surface area contributed by atoms with E-state index in [9.17, 15) is 14.4 Å². The zero-order valence-electron chi connectivity index (χ0n) is 22.5. The second kappa shape index (κ2) is 13.6. The maximum atomic E-state index is 12.6. The van der Waals surface area contributed by atoms with E-state index >= 15 is 0 Å². The molecule has 210 valence electrons. The molecule has 9 nitrogen and oxygen atoms in total. The molecule has 0 unspecified atom stereocenters. The number of carbonyl (C=O) groups is 3. The summed E-state index contributed by atoms with van der Waals surface area (Å²) in [4.78, 5) is 38.6. The molecule has 0 spiro atoms. The first-order valence-electron chi connectivity index (χ1n) is 12.9. The van der Waals surface area contributed by atoms with Crippen molar-refractivity contribution >= 4 is 56.3 Å². The van der Waals surface area contributed by atoms with Gasteiger partial charge in [-0.15, -0.1) is 11.3 Å². The molecule has 11 heteroatoms. The highest BCUT2D eigenvalue weighted by molar-refractivity contribution is 9.10. The fraction of sp³-hybridized carbons (Fsp3) is 0.310. The van der Waals surface area contributed by atoms with Gasteiger partial charge >= 0.3 is 17.8 Å². The van der Waals surface area contributed by atoms with Crippen LogP contribution in [0.1, 0.15) is 57.8 Å². The van der Waals surface area contributed by atoms with Crippen LogP contribution in [0.3, 0.4) is 0 Å². The monoisotopic (exact) mass is 627 g/mol. The number of nitrogens with one attached hydrogen (secondary N) is 2. The molecule has 0 saturated carbocycles. The van der Waals surface area contributed by atoms with Crippen LogP contribution in [0.25, 0.3) is 0 Å². The number of rotatable bonds is 10. The van der Waals surface area contributed by atoms with Gasteiger partial charge in [0.15, 0.2) is 11.5 Å². The van der Waals surface area contributed by atoms with Crippen molar-refractivity contribution in [3.8, 4) is 11.5 Å². The van der Waals surface area contributed by atoms with Crippen LogP contribution < -0.4 is 20.2 Å². The van der Waals surface area contributed by atoms with E-state index < -0.39 is 17.8 Å². The second-order valence-corrected chi connectivity index (χ2v) is 10.9. The van der Waals surface area contributed by atoms with Gasteiger partial charge in [-0.2, -0.15) is 5.10 Å². The molecule has 1 aromatic heterocycles. The maximum Gasteiger partial charge on any atom is 0.341 e. The summed E-state index contributed by atoms with van der Waals surface area (Å²) in [5, 5.41) is 6.79. The quantitative estimate of drug-likeness (QED) is 0.132. The Morgan fingerprint density at radius 3 is 2.55 bits per heavy atom. The number of amides is 2. The van der Waals surface area contributed by atoms with Crippen LogP contribution in [-0.2, 0) is 33.8 Å². The number of carbonyl (C=O) groups excluding carboxylic acids is 3. The molecule has 2 amide bonds. The number of thiophene rings is 1. The minimum absolute atomic E-state index is 0.215. The number of ether oxygens (including phenoxy) is 3. The van der Waals surface area contributed by atoms with Crippen molar-refractivity contribution in [1.29, 1.82) is 0 Å². The van der Waals surface area contributed by atoms with E-state index in [1.807, 2.05) is 38.1 Å². The van der Waals surface area contributed by atoms with Crippen molar-refractivity contribution < 1.29 is 28.6 Å². The molecule has 0 aliphatic heterocycles. The number of benzene rings is 2. The van der Waals surface area contributed by atoms with Crippen molar-refractivity contribution in [2.24, 2.45) is 5.10 Å². The minimum Gasteiger partial charge on any atom is -0.490 e. The summed E-state index contributed by atoms with van der Waals surface area (Å²) < 4.78 is 17.6. The molecule has 1 heterocycles. The van der Waals surface area contributed by atoms with E-state index in [0.717, 1.165) is 35.3 Å². The second-order valence-electron chi connectivity index (χ2n) is 8.97. The van der Waals surface area contributed by atoms with Crippen molar-refractivity contribution in [1.82, 2.24) is 5.43 Å². The third kappa shape index (κ3) is 7.08. The number of anilines is 1. The zero-order valence-corrected chi connectivity index (χ0v) is 24.9. The third-order valence-corrected chi connectivity index (χ3v) is 7.85. The van der Waals surface area contributed by atoms with Crippen molar-refractivity contribution in [2.45, 2.75) is 46.6 Å². The number of hydrogen-bond acceptors (Lipinski definition) is 8. The van der Waals surface area contributed by atoms with Crippen LogP contribution in [0, 0.1) is 6.92 Å². The Balaban J connectivity index is 1.41. The van der Waals surface area contributed by atoms with Gasteiger partial charge in [-0.05, 0) is 84.8 Å². The predicted molar refractivity (Wildman–Crippen MR) is 157 cm³/mol. The molecule has 1 aliphatic rings. The Bertz CT molecular complexity index is 1430. The maximum absolute atomic E-state index is 12.6. The standard InChI is InChI=1S/C29H30BrN3O6S/c1-4-37-22-14-19(13-21(30)25(22)39-16-18-11-9-17(3)10-12-18)15-31-33-27(35)26(34)32-28-24(29(36)38-5-2)20-7-6-8-23(20)40-28/h9-15H,4-8,16H2,1-3H3,(H,32,34)(H,33,35). The Kier molecular flexibility index (Phi) is 9.94. The van der Waals surface area contributed by atoms with Gasteiger partial charge in [-0.1, -0.05) is 29.8 Å². The molecule has 3 aromatic rings. The van der Waals surface area contributed by atoms with Crippen LogP contribution >= 0.6 is 27.3 Å². The average Bonchev–Trinajstić information content (AvgIpc) is 3.50. The molecule has 2 N–H and O–H groups in total. The van der Waals surface area contributed by atoms with Crippen LogP contribution in [0.5, 0.6) is 11.5 Å². The molecule has 0 bridgehead atoms. The summed E-state index contributed by atoms with van der Waals surface area (Å²) in [6, 6.07) is 11.6. The number of halogens is 1. The van der Waals surface area contributed by atoms with Gasteiger partial charge in [0.25, 0.3) is 0 Å². The van der Waals surface area contributed by atoms with E-state index in [1.54, 1.807) is 19.1 Å². The number of hydrogen-bond donors (Lipinski definition) is 2. The predicted octanol–water partition coefficient (Wildman–Crippen LogP) is 5.55. The summed E-state index contributed by atoms with van der Waals surface area (Å²) in [5.74, 6) is -1.35. The fourth-order valence-electron chi connectivity index (χ4n) is 4.19. The number of hydrazone groups is 1. The zero-order chi connectivity index (χ0) is 28.6. The van der Waals surface area contributed by atoms with Gasteiger partial charge in [-0.25, -0.2) is 10.2 Å². The SMILES string of the molecule is CCOC(=O)c1c(NC(=O)C(=O)NN=Cc2cc(Br)c(OCc3ccc(C)cc3)c(OCC)c2)sc2c1CCC2. The van der Waals surface area contributed by atoms with Gasteiger partial charge in [0.1, 0.15) is 11.6 Å². The van der Waals surface area contributed by atoms with Crippen LogP contribution in [0.4, 0.5) is 5.00 Å². The van der Waals surface area contributed by atoms with Gasteiger partial charge < -0.3 is 19.5 Å². The number of aryl methyl sites for hydroxylation is 2. The summed E-state index contributed by atoms with van der Waals surface area (Å²) in [7, 11) is 0. The highest BCUT2D eigenvalue weighted by Crippen LogP contribution is 2.40. The third-order valence-electron chi connectivity index (χ3n) is 6.05. The lowest BCUT2D eigenvalue weighted by Gasteiger charge is -2.15. The van der Waals surface area contributed by atoms with Crippen molar-refractivity contribution in [3.63, 3.8) is 0 Å². The lowest BCUT2D eigenvalue weighted by molar-refractivity contribution is -0.136. The highest BCUT2D eigenvalue weighted by atomic mass is 79.9.